The second kappa shape index (κ2) is 7.14. The fraction of sp³-hybridized carbons (Fsp3) is 0.417. The van der Waals surface area contributed by atoms with Crippen LogP contribution in [0.4, 0.5) is 0 Å². The number of carbonyl (C=O) groups excluding carboxylic acids is 1. The molecule has 0 bridgehead atoms. The lowest BCUT2D eigenvalue weighted by atomic mass is 10.2. The van der Waals surface area contributed by atoms with Crippen LogP contribution in [0.15, 0.2) is 18.2 Å². The zero-order valence-electron chi connectivity index (χ0n) is 9.83. The number of hydrogen-bond acceptors (Lipinski definition) is 3. The molecule has 0 saturated heterocycles. The fourth-order valence-electron chi connectivity index (χ4n) is 1.43. The summed E-state index contributed by atoms with van der Waals surface area (Å²) >= 11 is 5.89. The molecule has 1 rings (SSSR count). The average Bonchev–Trinajstić information content (AvgIpc) is 2.34. The van der Waals surface area contributed by atoms with E-state index in [2.05, 4.69) is 5.32 Å². The normalized spacial score (nSPS) is 10.1. The van der Waals surface area contributed by atoms with Crippen LogP contribution in [-0.4, -0.2) is 19.6 Å². The van der Waals surface area contributed by atoms with Gasteiger partial charge in [0, 0.05) is 23.6 Å². The average molecular weight is 257 g/mol. The minimum atomic E-state index is -0.0162. The summed E-state index contributed by atoms with van der Waals surface area (Å²) in [6.07, 6.45) is 1.14. The molecule has 17 heavy (non-hydrogen) atoms. The van der Waals surface area contributed by atoms with E-state index < -0.39 is 0 Å². The van der Waals surface area contributed by atoms with E-state index in [0.717, 1.165) is 5.56 Å². The molecule has 1 amide bonds. The highest BCUT2D eigenvalue weighted by Gasteiger charge is 2.06. The molecule has 4 nitrogen and oxygen atoms in total. The maximum atomic E-state index is 11.4. The molecule has 1 aromatic carbocycles. The van der Waals surface area contributed by atoms with Gasteiger partial charge in [-0.25, -0.2) is 0 Å². The monoisotopic (exact) mass is 256 g/mol. The van der Waals surface area contributed by atoms with Gasteiger partial charge in [-0.1, -0.05) is 11.6 Å². The number of benzene rings is 1. The SMILES string of the molecule is COc1ccc(Cl)cc1CNC(=O)CCCN. The summed E-state index contributed by atoms with van der Waals surface area (Å²) in [4.78, 5) is 11.4. The summed E-state index contributed by atoms with van der Waals surface area (Å²) in [6.45, 7) is 0.932. The molecule has 0 aliphatic rings. The minimum absolute atomic E-state index is 0.0162. The van der Waals surface area contributed by atoms with Gasteiger partial charge in [-0.2, -0.15) is 0 Å². The molecule has 0 aliphatic carbocycles. The van der Waals surface area contributed by atoms with Gasteiger partial charge in [-0.15, -0.1) is 0 Å². The smallest absolute Gasteiger partial charge is 0.220 e. The van der Waals surface area contributed by atoms with Gasteiger partial charge in [0.1, 0.15) is 5.75 Å². The van der Waals surface area contributed by atoms with Crippen LogP contribution in [0.1, 0.15) is 18.4 Å². The molecule has 0 spiro atoms. The maximum absolute atomic E-state index is 11.4. The van der Waals surface area contributed by atoms with Gasteiger partial charge in [0.2, 0.25) is 5.91 Å². The number of nitrogens with two attached hydrogens (primary N) is 1. The van der Waals surface area contributed by atoms with Crippen LogP contribution in [0.5, 0.6) is 5.75 Å². The topological polar surface area (TPSA) is 64.3 Å². The third kappa shape index (κ3) is 4.63. The van der Waals surface area contributed by atoms with Crippen LogP contribution in [0.2, 0.25) is 5.02 Å². The van der Waals surface area contributed by atoms with Crippen LogP contribution < -0.4 is 15.8 Å². The first kappa shape index (κ1) is 13.8. The maximum Gasteiger partial charge on any atom is 0.220 e. The van der Waals surface area contributed by atoms with Gasteiger partial charge in [-0.3, -0.25) is 4.79 Å². The predicted molar refractivity (Wildman–Crippen MR) is 68.1 cm³/mol. The summed E-state index contributed by atoms with van der Waals surface area (Å²) in [5.74, 6) is 0.700. The molecule has 94 valence electrons. The van der Waals surface area contributed by atoms with Gasteiger partial charge in [0.05, 0.1) is 7.11 Å². The Morgan fingerprint density at radius 2 is 2.29 bits per heavy atom. The van der Waals surface area contributed by atoms with Crippen molar-refractivity contribution in [3.05, 3.63) is 28.8 Å². The van der Waals surface area contributed by atoms with Crippen molar-refractivity contribution < 1.29 is 9.53 Å². The first-order valence-corrected chi connectivity index (χ1v) is 5.84. The molecule has 5 heteroatoms. The summed E-state index contributed by atoms with van der Waals surface area (Å²) in [7, 11) is 1.59. The number of methoxy groups -OCH3 is 1. The lowest BCUT2D eigenvalue weighted by molar-refractivity contribution is -0.121. The van der Waals surface area contributed by atoms with Gasteiger partial charge in [-0.05, 0) is 31.2 Å². The fourth-order valence-corrected chi connectivity index (χ4v) is 1.62. The van der Waals surface area contributed by atoms with E-state index in [1.54, 1.807) is 25.3 Å². The van der Waals surface area contributed by atoms with Gasteiger partial charge in [0.25, 0.3) is 0 Å². The number of carbonyl (C=O) groups is 1. The first-order valence-electron chi connectivity index (χ1n) is 5.46. The zero-order chi connectivity index (χ0) is 12.7. The van der Waals surface area contributed by atoms with Gasteiger partial charge < -0.3 is 15.8 Å². The highest BCUT2D eigenvalue weighted by molar-refractivity contribution is 6.30. The molecule has 1 aromatic rings. The van der Waals surface area contributed by atoms with E-state index in [-0.39, 0.29) is 5.91 Å². The Kier molecular flexibility index (Phi) is 5.80. The third-order valence-electron chi connectivity index (χ3n) is 2.33. The molecular formula is C12H17ClN2O2. The molecule has 0 radical (unpaired) electrons. The molecule has 0 fully saturated rings. The number of amides is 1. The molecule has 0 unspecified atom stereocenters. The molecule has 0 atom stereocenters. The molecule has 3 N–H and O–H groups in total. The number of ether oxygens (including phenoxy) is 1. The third-order valence-corrected chi connectivity index (χ3v) is 2.56. The molecule has 0 aliphatic heterocycles. The van der Waals surface area contributed by atoms with Crippen LogP contribution in [-0.2, 0) is 11.3 Å². The number of hydrogen-bond donors (Lipinski definition) is 2. The van der Waals surface area contributed by atoms with Crippen LogP contribution >= 0.6 is 11.6 Å². The van der Waals surface area contributed by atoms with E-state index in [4.69, 9.17) is 22.1 Å². The van der Waals surface area contributed by atoms with Crippen molar-refractivity contribution in [2.24, 2.45) is 5.73 Å². The van der Waals surface area contributed by atoms with Gasteiger partial charge in [0.15, 0.2) is 0 Å². The van der Waals surface area contributed by atoms with Crippen LogP contribution in [0, 0.1) is 0 Å². The first-order chi connectivity index (χ1) is 8.17. The highest BCUT2D eigenvalue weighted by Crippen LogP contribution is 2.22. The van der Waals surface area contributed by atoms with E-state index in [0.29, 0.717) is 36.7 Å². The predicted octanol–water partition coefficient (Wildman–Crippen LogP) is 1.70. The summed E-state index contributed by atoms with van der Waals surface area (Å²) in [6, 6.07) is 5.31. The Labute approximate surface area is 106 Å². The second-order valence-corrected chi connectivity index (χ2v) is 4.06. The van der Waals surface area contributed by atoms with Crippen molar-refractivity contribution in [2.75, 3.05) is 13.7 Å². The molecule has 0 aromatic heterocycles. The zero-order valence-corrected chi connectivity index (χ0v) is 10.6. The number of nitrogens with one attached hydrogen (secondary N) is 1. The quantitative estimate of drug-likeness (QED) is 0.814. The summed E-state index contributed by atoms with van der Waals surface area (Å²) < 4.78 is 5.18. The second-order valence-electron chi connectivity index (χ2n) is 3.63. The number of halogens is 1. The lowest BCUT2D eigenvalue weighted by Gasteiger charge is -2.10. The van der Waals surface area contributed by atoms with E-state index in [9.17, 15) is 4.79 Å². The Hall–Kier alpha value is -1.26. The molecular weight excluding hydrogens is 240 g/mol. The van der Waals surface area contributed by atoms with Crippen molar-refractivity contribution in [2.45, 2.75) is 19.4 Å². The summed E-state index contributed by atoms with van der Waals surface area (Å²) in [5, 5.41) is 3.42. The minimum Gasteiger partial charge on any atom is -0.496 e. The van der Waals surface area contributed by atoms with E-state index in [1.165, 1.54) is 0 Å². The summed E-state index contributed by atoms with van der Waals surface area (Å²) in [5.41, 5.74) is 6.19. The largest absolute Gasteiger partial charge is 0.496 e. The van der Waals surface area contributed by atoms with E-state index >= 15 is 0 Å². The molecule has 0 heterocycles. The van der Waals surface area contributed by atoms with Crippen molar-refractivity contribution in [1.82, 2.24) is 5.32 Å². The van der Waals surface area contributed by atoms with Crippen LogP contribution in [0.25, 0.3) is 0 Å². The van der Waals surface area contributed by atoms with Gasteiger partial charge >= 0.3 is 0 Å². The standard InChI is InChI=1S/C12H17ClN2O2/c1-17-11-5-4-10(13)7-9(11)8-15-12(16)3-2-6-14/h4-5,7H,2-3,6,8,14H2,1H3,(H,15,16). The van der Waals surface area contributed by atoms with Crippen molar-refractivity contribution in [3.8, 4) is 5.75 Å². The van der Waals surface area contributed by atoms with Crippen molar-refractivity contribution >= 4 is 17.5 Å². The Morgan fingerprint density at radius 1 is 1.53 bits per heavy atom. The lowest BCUT2D eigenvalue weighted by Crippen LogP contribution is -2.23. The van der Waals surface area contributed by atoms with Crippen molar-refractivity contribution in [1.29, 1.82) is 0 Å². The molecule has 0 saturated carbocycles. The Bertz CT molecular complexity index is 383. The van der Waals surface area contributed by atoms with E-state index in [1.807, 2.05) is 0 Å². The Morgan fingerprint density at radius 3 is 2.94 bits per heavy atom. The highest BCUT2D eigenvalue weighted by atomic mass is 35.5. The Balaban J connectivity index is 2.56. The van der Waals surface area contributed by atoms with Crippen molar-refractivity contribution in [3.63, 3.8) is 0 Å². The number of rotatable bonds is 6. The van der Waals surface area contributed by atoms with Crippen LogP contribution in [0.3, 0.4) is 0 Å².